The summed E-state index contributed by atoms with van der Waals surface area (Å²) >= 11 is 0. The number of aliphatic hydroxyl groups excluding tert-OH is 1. The quantitative estimate of drug-likeness (QED) is 0.443. The van der Waals surface area contributed by atoms with Gasteiger partial charge in [-0.1, -0.05) is 5.21 Å². The molecule has 6 rings (SSSR count). The fraction of sp³-hybridized carbons (Fsp3) is 0.286. The number of rotatable bonds is 4. The topological polar surface area (TPSA) is 132 Å². The van der Waals surface area contributed by atoms with Gasteiger partial charge < -0.3 is 10.4 Å². The zero-order valence-corrected chi connectivity index (χ0v) is 17.1. The average Bonchev–Trinajstić information content (AvgIpc) is 3.46. The Balaban J connectivity index is 1.28. The number of nitrogens with one attached hydrogen (secondary N) is 1. The zero-order valence-electron chi connectivity index (χ0n) is 17.1. The normalized spacial score (nSPS) is 18.9. The molecule has 1 aromatic carbocycles. The summed E-state index contributed by atoms with van der Waals surface area (Å²) in [6.07, 6.45) is 12.0. The highest BCUT2D eigenvalue weighted by atomic mass is 16.3. The van der Waals surface area contributed by atoms with E-state index in [1.54, 1.807) is 29.5 Å². The number of aliphatic hydroxyl groups is 1. The highest BCUT2D eigenvalue weighted by molar-refractivity contribution is 5.78. The SMILES string of the molecule is O[C@H]1CC[C@@H](n2cc(Nc3ncc4nnn(-c5ccc6nccnc6c5)c4n3)cn2)CC1. The predicted octanol–water partition coefficient (Wildman–Crippen LogP) is 2.57. The van der Waals surface area contributed by atoms with Gasteiger partial charge in [-0.25, -0.2) is 4.98 Å². The molecule has 0 aliphatic heterocycles. The summed E-state index contributed by atoms with van der Waals surface area (Å²) < 4.78 is 3.61. The van der Waals surface area contributed by atoms with E-state index in [-0.39, 0.29) is 6.10 Å². The van der Waals surface area contributed by atoms with Gasteiger partial charge in [-0.2, -0.15) is 14.8 Å². The van der Waals surface area contributed by atoms with Gasteiger partial charge in [0, 0.05) is 18.6 Å². The van der Waals surface area contributed by atoms with E-state index in [0.29, 0.717) is 23.2 Å². The molecule has 1 aliphatic rings. The lowest BCUT2D eigenvalue weighted by atomic mass is 9.93. The van der Waals surface area contributed by atoms with E-state index in [0.717, 1.165) is 48.1 Å². The minimum absolute atomic E-state index is 0.187. The van der Waals surface area contributed by atoms with E-state index < -0.39 is 0 Å². The van der Waals surface area contributed by atoms with Crippen molar-refractivity contribution in [2.45, 2.75) is 37.8 Å². The lowest BCUT2D eigenvalue weighted by Gasteiger charge is -2.25. The van der Waals surface area contributed by atoms with Crippen LogP contribution in [-0.2, 0) is 0 Å². The first-order valence-electron chi connectivity index (χ1n) is 10.5. The summed E-state index contributed by atoms with van der Waals surface area (Å²) in [4.78, 5) is 17.6. The number of fused-ring (bicyclic) bond motifs is 2. The van der Waals surface area contributed by atoms with Crippen LogP contribution in [-0.4, -0.2) is 55.9 Å². The van der Waals surface area contributed by atoms with Crippen LogP contribution in [0.4, 0.5) is 11.6 Å². The maximum absolute atomic E-state index is 9.72. The molecule has 0 spiro atoms. The smallest absolute Gasteiger partial charge is 0.229 e. The summed E-state index contributed by atoms with van der Waals surface area (Å²) in [5.74, 6) is 0.431. The molecule has 32 heavy (non-hydrogen) atoms. The monoisotopic (exact) mass is 428 g/mol. The number of anilines is 2. The van der Waals surface area contributed by atoms with Crippen molar-refractivity contribution in [2.75, 3.05) is 5.32 Å². The number of hydrogen-bond donors (Lipinski definition) is 2. The van der Waals surface area contributed by atoms with E-state index >= 15 is 0 Å². The van der Waals surface area contributed by atoms with Gasteiger partial charge in [0.25, 0.3) is 0 Å². The molecule has 5 aromatic rings. The first-order chi connectivity index (χ1) is 15.7. The Kier molecular flexibility index (Phi) is 4.46. The molecule has 4 heterocycles. The average molecular weight is 428 g/mol. The third-order valence-electron chi connectivity index (χ3n) is 5.79. The minimum Gasteiger partial charge on any atom is -0.393 e. The molecule has 0 radical (unpaired) electrons. The van der Waals surface area contributed by atoms with Crippen molar-refractivity contribution >= 4 is 33.8 Å². The first-order valence-corrected chi connectivity index (χ1v) is 10.5. The molecule has 0 atom stereocenters. The predicted molar refractivity (Wildman–Crippen MR) is 117 cm³/mol. The van der Waals surface area contributed by atoms with Crippen LogP contribution in [0.1, 0.15) is 31.7 Å². The molecule has 0 bridgehead atoms. The fourth-order valence-corrected chi connectivity index (χ4v) is 4.10. The van der Waals surface area contributed by atoms with Crippen molar-refractivity contribution in [3.8, 4) is 5.69 Å². The van der Waals surface area contributed by atoms with Crippen LogP contribution in [0.15, 0.2) is 49.2 Å². The van der Waals surface area contributed by atoms with Crippen LogP contribution < -0.4 is 5.32 Å². The highest BCUT2D eigenvalue weighted by Crippen LogP contribution is 2.29. The van der Waals surface area contributed by atoms with Crippen molar-refractivity contribution in [1.82, 2.24) is 44.7 Å². The number of benzene rings is 1. The fourth-order valence-electron chi connectivity index (χ4n) is 4.10. The largest absolute Gasteiger partial charge is 0.393 e. The van der Waals surface area contributed by atoms with Crippen LogP contribution in [0.25, 0.3) is 27.9 Å². The van der Waals surface area contributed by atoms with Gasteiger partial charge in [0.2, 0.25) is 5.95 Å². The van der Waals surface area contributed by atoms with Crippen LogP contribution in [0.2, 0.25) is 0 Å². The third kappa shape index (κ3) is 3.42. The van der Waals surface area contributed by atoms with Gasteiger partial charge in [0.05, 0.1) is 46.9 Å². The molecule has 1 aliphatic carbocycles. The Bertz CT molecular complexity index is 1400. The molecule has 160 valence electrons. The molecule has 11 heteroatoms. The maximum Gasteiger partial charge on any atom is 0.229 e. The maximum atomic E-state index is 9.72. The Labute approximate surface area is 182 Å². The Morgan fingerprint density at radius 2 is 1.78 bits per heavy atom. The van der Waals surface area contributed by atoms with Crippen LogP contribution in [0.3, 0.4) is 0 Å². The van der Waals surface area contributed by atoms with Gasteiger partial charge in [0.15, 0.2) is 11.2 Å². The number of aromatic nitrogens is 9. The molecule has 0 saturated heterocycles. The molecular weight excluding hydrogens is 408 g/mol. The molecular formula is C21H20N10O. The van der Waals surface area contributed by atoms with Crippen molar-refractivity contribution in [3.63, 3.8) is 0 Å². The molecule has 11 nitrogen and oxygen atoms in total. The van der Waals surface area contributed by atoms with Crippen molar-refractivity contribution in [1.29, 1.82) is 0 Å². The van der Waals surface area contributed by atoms with E-state index in [9.17, 15) is 5.11 Å². The molecule has 1 fully saturated rings. The molecule has 4 aromatic heterocycles. The second kappa shape index (κ2) is 7.61. The van der Waals surface area contributed by atoms with Crippen LogP contribution >= 0.6 is 0 Å². The number of hydrogen-bond acceptors (Lipinski definition) is 9. The molecule has 0 unspecified atom stereocenters. The standard InChI is InChI=1S/C21H20N10O/c32-16-4-1-14(2-5-16)30-12-13(10-25-30)26-21-24-11-19-20(27-21)31(29-28-19)15-3-6-17-18(9-15)23-8-7-22-17/h3,6-12,14,16,32H,1-2,4-5H2,(H,24,26,27)/t14-,16+. The van der Waals surface area contributed by atoms with E-state index in [1.165, 1.54) is 0 Å². The summed E-state index contributed by atoms with van der Waals surface area (Å²) in [5, 5.41) is 25.8. The third-order valence-corrected chi connectivity index (χ3v) is 5.79. The van der Waals surface area contributed by atoms with E-state index in [2.05, 4.69) is 40.7 Å². The Hall–Kier alpha value is -3.99. The van der Waals surface area contributed by atoms with Crippen molar-refractivity contribution < 1.29 is 5.11 Å². The minimum atomic E-state index is -0.187. The zero-order chi connectivity index (χ0) is 21.5. The van der Waals surface area contributed by atoms with Gasteiger partial charge in [-0.15, -0.1) is 5.10 Å². The summed E-state index contributed by atoms with van der Waals surface area (Å²) in [5.41, 5.74) is 4.34. The lowest BCUT2D eigenvalue weighted by molar-refractivity contribution is 0.108. The summed E-state index contributed by atoms with van der Waals surface area (Å²) in [6, 6.07) is 6.01. The molecule has 1 saturated carbocycles. The lowest BCUT2D eigenvalue weighted by Crippen LogP contribution is -2.21. The van der Waals surface area contributed by atoms with Gasteiger partial charge in [-0.05, 0) is 43.9 Å². The van der Waals surface area contributed by atoms with Crippen molar-refractivity contribution in [3.05, 3.63) is 49.2 Å². The van der Waals surface area contributed by atoms with Gasteiger partial charge in [-0.3, -0.25) is 14.6 Å². The Morgan fingerprint density at radius 1 is 0.938 bits per heavy atom. The van der Waals surface area contributed by atoms with Crippen LogP contribution in [0.5, 0.6) is 0 Å². The molecule has 2 N–H and O–H groups in total. The highest BCUT2D eigenvalue weighted by Gasteiger charge is 2.21. The second-order valence-electron chi connectivity index (χ2n) is 7.93. The number of nitrogens with zero attached hydrogens (tertiary/aromatic N) is 9. The van der Waals surface area contributed by atoms with E-state index in [1.807, 2.05) is 29.1 Å². The first kappa shape index (κ1) is 18.8. The molecule has 0 amide bonds. The Morgan fingerprint density at radius 3 is 2.66 bits per heavy atom. The summed E-state index contributed by atoms with van der Waals surface area (Å²) in [7, 11) is 0. The van der Waals surface area contributed by atoms with Crippen LogP contribution in [0, 0.1) is 0 Å². The van der Waals surface area contributed by atoms with E-state index in [4.69, 9.17) is 0 Å². The summed E-state index contributed by atoms with van der Waals surface area (Å²) in [6.45, 7) is 0. The van der Waals surface area contributed by atoms with Crippen molar-refractivity contribution in [2.24, 2.45) is 0 Å². The van der Waals surface area contributed by atoms with Gasteiger partial charge in [0.1, 0.15) is 0 Å². The van der Waals surface area contributed by atoms with Gasteiger partial charge >= 0.3 is 0 Å². The second-order valence-corrected chi connectivity index (χ2v) is 7.93.